The third kappa shape index (κ3) is 4.93. The zero-order valence-corrected chi connectivity index (χ0v) is 19.7. The van der Waals surface area contributed by atoms with Gasteiger partial charge in [0.25, 0.3) is 11.5 Å². The van der Waals surface area contributed by atoms with Crippen molar-refractivity contribution in [3.63, 3.8) is 0 Å². The number of thiophene rings is 1. The molecule has 0 spiro atoms. The number of para-hydroxylation sites is 2. The van der Waals surface area contributed by atoms with E-state index in [2.05, 4.69) is 17.2 Å². The van der Waals surface area contributed by atoms with Crippen LogP contribution >= 0.6 is 11.3 Å². The van der Waals surface area contributed by atoms with E-state index in [1.807, 2.05) is 6.07 Å². The maximum atomic E-state index is 13.1. The summed E-state index contributed by atoms with van der Waals surface area (Å²) in [6, 6.07) is 7.10. The summed E-state index contributed by atoms with van der Waals surface area (Å²) >= 11 is 1.14. The van der Waals surface area contributed by atoms with Gasteiger partial charge in [0.1, 0.15) is 23.2 Å². The molecule has 1 aliphatic rings. The summed E-state index contributed by atoms with van der Waals surface area (Å²) < 4.78 is 12.1. The van der Waals surface area contributed by atoms with Crippen molar-refractivity contribution in [3.8, 4) is 5.75 Å². The Labute approximate surface area is 195 Å². The van der Waals surface area contributed by atoms with Crippen molar-refractivity contribution >= 4 is 39.1 Å². The number of ether oxygens (including phenoxy) is 2. The first kappa shape index (κ1) is 23.0. The third-order valence-electron chi connectivity index (χ3n) is 6.04. The van der Waals surface area contributed by atoms with E-state index < -0.39 is 5.97 Å². The van der Waals surface area contributed by atoms with Gasteiger partial charge in [0, 0.05) is 0 Å². The predicted molar refractivity (Wildman–Crippen MR) is 127 cm³/mol. The highest BCUT2D eigenvalue weighted by atomic mass is 32.1. The predicted octanol–water partition coefficient (Wildman–Crippen LogP) is 4.15. The first-order chi connectivity index (χ1) is 15.9. The van der Waals surface area contributed by atoms with Gasteiger partial charge >= 0.3 is 5.97 Å². The van der Waals surface area contributed by atoms with Crippen molar-refractivity contribution in [2.75, 3.05) is 12.4 Å². The molecule has 0 unspecified atom stereocenters. The third-order valence-corrected chi connectivity index (χ3v) is 7.24. The van der Waals surface area contributed by atoms with Gasteiger partial charge < -0.3 is 14.8 Å². The van der Waals surface area contributed by atoms with Gasteiger partial charge in [-0.1, -0.05) is 19.1 Å². The Bertz CT molecular complexity index is 1240. The van der Waals surface area contributed by atoms with E-state index >= 15 is 0 Å². The Hall–Kier alpha value is -3.20. The second-order valence-electron chi connectivity index (χ2n) is 8.44. The maximum Gasteiger partial charge on any atom is 0.326 e. The van der Waals surface area contributed by atoms with Gasteiger partial charge in [-0.25, -0.2) is 4.98 Å². The fourth-order valence-electron chi connectivity index (χ4n) is 4.12. The second-order valence-corrected chi connectivity index (χ2v) is 9.44. The molecule has 3 aromatic rings. The van der Waals surface area contributed by atoms with Gasteiger partial charge in [0.05, 0.1) is 29.4 Å². The molecule has 2 aromatic heterocycles. The highest BCUT2D eigenvalue weighted by molar-refractivity contribution is 7.20. The molecule has 1 aromatic carbocycles. The van der Waals surface area contributed by atoms with Gasteiger partial charge in [-0.05, 0) is 56.2 Å². The smallest absolute Gasteiger partial charge is 0.326 e. The van der Waals surface area contributed by atoms with Crippen LogP contribution in [0.5, 0.6) is 5.75 Å². The van der Waals surface area contributed by atoms with Gasteiger partial charge in [0.2, 0.25) is 0 Å². The van der Waals surface area contributed by atoms with Crippen LogP contribution in [0.25, 0.3) is 10.2 Å². The Balaban J connectivity index is 1.53. The van der Waals surface area contributed by atoms with Crippen LogP contribution in [0.15, 0.2) is 35.4 Å². The van der Waals surface area contributed by atoms with Crippen molar-refractivity contribution < 1.29 is 19.1 Å². The number of aromatic nitrogens is 2. The van der Waals surface area contributed by atoms with E-state index in [1.54, 1.807) is 25.1 Å². The van der Waals surface area contributed by atoms with Gasteiger partial charge in [0.15, 0.2) is 0 Å². The van der Waals surface area contributed by atoms with E-state index in [1.165, 1.54) is 18.0 Å². The molecule has 8 nitrogen and oxygen atoms in total. The number of carbonyl (C=O) groups excluding carboxylic acids is 2. The van der Waals surface area contributed by atoms with Crippen LogP contribution < -0.4 is 15.6 Å². The average molecular weight is 470 g/mol. The van der Waals surface area contributed by atoms with Crippen LogP contribution in [0, 0.1) is 12.8 Å². The summed E-state index contributed by atoms with van der Waals surface area (Å²) in [5.41, 5.74) is 0.704. The molecule has 1 amide bonds. The zero-order valence-electron chi connectivity index (χ0n) is 18.9. The van der Waals surface area contributed by atoms with E-state index in [4.69, 9.17) is 9.47 Å². The molecule has 33 heavy (non-hydrogen) atoms. The molecular formula is C24H27N3O5S. The van der Waals surface area contributed by atoms with E-state index in [0.717, 1.165) is 37.0 Å². The van der Waals surface area contributed by atoms with Gasteiger partial charge in [-0.15, -0.1) is 11.3 Å². The lowest BCUT2D eigenvalue weighted by atomic mass is 9.89. The lowest BCUT2D eigenvalue weighted by molar-refractivity contribution is -0.151. The Kier molecular flexibility index (Phi) is 6.78. The number of nitrogens with one attached hydrogen (secondary N) is 1. The molecule has 1 N–H and O–H groups in total. The largest absolute Gasteiger partial charge is 0.495 e. The fourth-order valence-corrected chi connectivity index (χ4v) is 5.16. The molecule has 0 aliphatic heterocycles. The summed E-state index contributed by atoms with van der Waals surface area (Å²) in [6.45, 7) is 3.71. The Morgan fingerprint density at radius 1 is 1.21 bits per heavy atom. The number of fused-ring (bicyclic) bond motifs is 1. The van der Waals surface area contributed by atoms with Gasteiger partial charge in [-0.2, -0.15) is 0 Å². The minimum atomic E-state index is -0.445. The van der Waals surface area contributed by atoms with Crippen molar-refractivity contribution in [1.29, 1.82) is 0 Å². The van der Waals surface area contributed by atoms with Crippen molar-refractivity contribution in [2.24, 2.45) is 5.92 Å². The summed E-state index contributed by atoms with van der Waals surface area (Å²) in [5, 5.41) is 3.17. The van der Waals surface area contributed by atoms with E-state index in [0.29, 0.717) is 38.0 Å². The minimum absolute atomic E-state index is 0.0887. The molecular weight excluding hydrogens is 442 g/mol. The molecule has 4 rings (SSSR count). The molecule has 9 heteroatoms. The number of amides is 1. The quantitative estimate of drug-likeness (QED) is 0.545. The number of methoxy groups -OCH3 is 1. The molecule has 0 atom stereocenters. The topological polar surface area (TPSA) is 99.5 Å². The monoisotopic (exact) mass is 469 g/mol. The highest BCUT2D eigenvalue weighted by Crippen LogP contribution is 2.30. The van der Waals surface area contributed by atoms with Crippen molar-refractivity contribution in [2.45, 2.75) is 52.2 Å². The number of carbonyl (C=O) groups is 2. The average Bonchev–Trinajstić information content (AvgIpc) is 3.15. The number of aryl methyl sites for hydroxylation is 1. The Morgan fingerprint density at radius 2 is 1.94 bits per heavy atom. The number of nitrogens with zero attached hydrogens (tertiary/aromatic N) is 2. The fraction of sp³-hybridized carbons (Fsp3) is 0.417. The lowest BCUT2D eigenvalue weighted by Crippen LogP contribution is -2.29. The number of esters is 1. The molecule has 2 heterocycles. The van der Waals surface area contributed by atoms with E-state index in [-0.39, 0.29) is 24.1 Å². The number of anilines is 1. The first-order valence-corrected chi connectivity index (χ1v) is 11.8. The maximum absolute atomic E-state index is 13.1. The van der Waals surface area contributed by atoms with Crippen molar-refractivity contribution in [1.82, 2.24) is 9.55 Å². The lowest BCUT2D eigenvalue weighted by Gasteiger charge is -2.26. The summed E-state index contributed by atoms with van der Waals surface area (Å²) in [6.07, 6.45) is 5.04. The zero-order chi connectivity index (χ0) is 23.5. The molecule has 0 saturated heterocycles. The van der Waals surface area contributed by atoms with Crippen LogP contribution in [0.3, 0.4) is 0 Å². The van der Waals surface area contributed by atoms with E-state index in [9.17, 15) is 14.4 Å². The van der Waals surface area contributed by atoms with Crippen LogP contribution in [-0.2, 0) is 16.1 Å². The molecule has 0 radical (unpaired) electrons. The highest BCUT2D eigenvalue weighted by Gasteiger charge is 2.23. The van der Waals surface area contributed by atoms with Crippen LogP contribution in [-0.4, -0.2) is 34.6 Å². The van der Waals surface area contributed by atoms with Crippen LogP contribution in [0.1, 0.15) is 47.8 Å². The normalized spacial score (nSPS) is 18.2. The Morgan fingerprint density at radius 3 is 2.67 bits per heavy atom. The second kappa shape index (κ2) is 9.74. The summed E-state index contributed by atoms with van der Waals surface area (Å²) in [5.74, 6) is 0.401. The number of benzene rings is 1. The number of hydrogen-bond donors (Lipinski definition) is 1. The van der Waals surface area contributed by atoms with Crippen molar-refractivity contribution in [3.05, 3.63) is 51.4 Å². The molecule has 0 bridgehead atoms. The minimum Gasteiger partial charge on any atom is -0.495 e. The van der Waals surface area contributed by atoms with Gasteiger partial charge in [-0.3, -0.25) is 19.0 Å². The summed E-state index contributed by atoms with van der Waals surface area (Å²) in [7, 11) is 1.53. The molecule has 1 saturated carbocycles. The number of hydrogen-bond acceptors (Lipinski definition) is 7. The first-order valence-electron chi connectivity index (χ1n) is 11.0. The van der Waals surface area contributed by atoms with Crippen LogP contribution in [0.4, 0.5) is 5.69 Å². The SMILES string of the molecule is COc1ccccc1NC(=O)c1sc2ncn(CC(=O)OC3CCC(C)CC3)c(=O)c2c1C. The standard InChI is InChI=1S/C24H27N3O5S/c1-14-8-10-16(11-9-14)32-19(28)12-27-13-25-23-20(24(27)30)15(2)21(33-23)22(29)26-17-6-4-5-7-18(17)31-3/h4-7,13-14,16H,8-12H2,1-3H3,(H,26,29). The molecule has 1 aliphatic carbocycles. The summed E-state index contributed by atoms with van der Waals surface area (Å²) in [4.78, 5) is 43.6. The van der Waals surface area contributed by atoms with Crippen LogP contribution in [0.2, 0.25) is 0 Å². The number of rotatable bonds is 6. The molecule has 174 valence electrons. The molecule has 1 fully saturated rings.